The number of halogens is 1. The fourth-order valence-electron chi connectivity index (χ4n) is 2.85. The van der Waals surface area contributed by atoms with Gasteiger partial charge in [0.15, 0.2) is 5.82 Å². The number of aliphatic hydroxyl groups is 1. The number of hydrogen-bond acceptors (Lipinski definition) is 7. The van der Waals surface area contributed by atoms with Gasteiger partial charge in [-0.3, -0.25) is 4.90 Å². The fraction of sp³-hybridized carbons (Fsp3) is 0.222. The zero-order valence-corrected chi connectivity index (χ0v) is 14.2. The maximum atomic E-state index is 14.6. The quantitative estimate of drug-likeness (QED) is 0.844. The maximum absolute atomic E-state index is 14.6. The molecule has 1 saturated heterocycles. The molecule has 0 radical (unpaired) electrons. The largest absolute Gasteiger partial charge is 0.441 e. The Kier molecular flexibility index (Phi) is 4.51. The zero-order chi connectivity index (χ0) is 18.8. The first-order valence-electron chi connectivity index (χ1n) is 8.34. The van der Waals surface area contributed by atoms with Gasteiger partial charge in [0.25, 0.3) is 0 Å². The van der Waals surface area contributed by atoms with Gasteiger partial charge >= 0.3 is 6.09 Å². The number of hydrogen-bond donors (Lipinski definition) is 2. The molecule has 1 fully saturated rings. The van der Waals surface area contributed by atoms with Gasteiger partial charge in [0, 0.05) is 17.3 Å². The topological polar surface area (TPSA) is 99.4 Å². The Labute approximate surface area is 154 Å². The Hall–Kier alpha value is -3.33. The number of benzene rings is 1. The zero-order valence-electron chi connectivity index (χ0n) is 14.2. The van der Waals surface area contributed by atoms with Crippen molar-refractivity contribution < 1.29 is 19.0 Å². The SMILES string of the molecule is O=C1OC(CO)CN1c1ccc(-c2ccc(NC3=CCN=N3)nc2)c(F)c1. The van der Waals surface area contributed by atoms with Crippen LogP contribution in [-0.2, 0) is 4.74 Å². The molecule has 0 spiro atoms. The molecule has 2 aliphatic heterocycles. The van der Waals surface area contributed by atoms with E-state index in [4.69, 9.17) is 9.84 Å². The van der Waals surface area contributed by atoms with Crippen LogP contribution < -0.4 is 10.2 Å². The van der Waals surface area contributed by atoms with E-state index in [9.17, 15) is 9.18 Å². The van der Waals surface area contributed by atoms with E-state index in [1.54, 1.807) is 30.5 Å². The predicted molar refractivity (Wildman–Crippen MR) is 95.8 cm³/mol. The molecule has 0 saturated carbocycles. The average molecular weight is 369 g/mol. The summed E-state index contributed by atoms with van der Waals surface area (Å²) in [6.07, 6.45) is 2.19. The number of pyridine rings is 1. The molecule has 8 nitrogen and oxygen atoms in total. The van der Waals surface area contributed by atoms with Crippen LogP contribution in [0.2, 0.25) is 0 Å². The molecule has 27 heavy (non-hydrogen) atoms. The van der Waals surface area contributed by atoms with Crippen LogP contribution in [0, 0.1) is 5.82 Å². The monoisotopic (exact) mass is 369 g/mol. The number of anilines is 2. The van der Waals surface area contributed by atoms with Crippen LogP contribution in [0.25, 0.3) is 11.1 Å². The van der Waals surface area contributed by atoms with E-state index in [0.717, 1.165) is 0 Å². The van der Waals surface area contributed by atoms with Crippen LogP contribution in [0.5, 0.6) is 0 Å². The third-order valence-corrected chi connectivity index (χ3v) is 4.22. The van der Waals surface area contributed by atoms with Crippen molar-refractivity contribution in [1.29, 1.82) is 0 Å². The molecule has 9 heteroatoms. The first kappa shape index (κ1) is 17.1. The Balaban J connectivity index is 1.52. The standard InChI is InChI=1S/C18H16FN5O3/c19-15-7-12(24-9-13(10-25)27-18(24)26)2-3-14(15)11-1-4-16(20-8-11)22-17-5-6-21-23-17/h1-5,7-8,13,25H,6,9-10H2,(H,20,22). The number of nitrogens with zero attached hydrogens (tertiary/aromatic N) is 4. The lowest BCUT2D eigenvalue weighted by atomic mass is 10.1. The van der Waals surface area contributed by atoms with Crippen molar-refractivity contribution in [2.75, 3.05) is 29.9 Å². The molecule has 2 aliphatic rings. The number of rotatable bonds is 5. The lowest BCUT2D eigenvalue weighted by Crippen LogP contribution is -2.25. The van der Waals surface area contributed by atoms with E-state index < -0.39 is 18.0 Å². The summed E-state index contributed by atoms with van der Waals surface area (Å²) in [6, 6.07) is 7.95. The van der Waals surface area contributed by atoms with Crippen molar-refractivity contribution in [2.24, 2.45) is 10.2 Å². The van der Waals surface area contributed by atoms with Crippen molar-refractivity contribution in [3.05, 3.63) is 54.2 Å². The molecule has 4 rings (SSSR count). The lowest BCUT2D eigenvalue weighted by Gasteiger charge is -2.14. The van der Waals surface area contributed by atoms with Gasteiger partial charge in [-0.1, -0.05) is 0 Å². The summed E-state index contributed by atoms with van der Waals surface area (Å²) in [7, 11) is 0. The second kappa shape index (κ2) is 7.12. The first-order chi connectivity index (χ1) is 13.1. The van der Waals surface area contributed by atoms with E-state index >= 15 is 0 Å². The van der Waals surface area contributed by atoms with Gasteiger partial charge in [-0.2, -0.15) is 5.11 Å². The summed E-state index contributed by atoms with van der Waals surface area (Å²) in [6.45, 7) is 0.456. The summed E-state index contributed by atoms with van der Waals surface area (Å²) >= 11 is 0. The number of carbonyl (C=O) groups is 1. The van der Waals surface area contributed by atoms with Crippen LogP contribution in [0.15, 0.2) is 58.7 Å². The minimum atomic E-state index is -0.600. The minimum Gasteiger partial charge on any atom is -0.441 e. The minimum absolute atomic E-state index is 0.184. The number of aromatic nitrogens is 1. The number of amides is 1. The number of ether oxygens (including phenoxy) is 1. The Bertz CT molecular complexity index is 929. The van der Waals surface area contributed by atoms with Crippen LogP contribution in [-0.4, -0.2) is 42.0 Å². The van der Waals surface area contributed by atoms with Gasteiger partial charge < -0.3 is 15.2 Å². The summed E-state index contributed by atoms with van der Waals surface area (Å²) in [5.74, 6) is 0.727. The van der Waals surface area contributed by atoms with Crippen LogP contribution >= 0.6 is 0 Å². The third kappa shape index (κ3) is 3.49. The number of azo groups is 1. The van der Waals surface area contributed by atoms with E-state index in [-0.39, 0.29) is 13.2 Å². The van der Waals surface area contributed by atoms with Crippen LogP contribution in [0.3, 0.4) is 0 Å². The molecule has 3 heterocycles. The molecule has 0 aliphatic carbocycles. The second-order valence-electron chi connectivity index (χ2n) is 6.03. The number of cyclic esters (lactones) is 1. The Morgan fingerprint density at radius 2 is 2.22 bits per heavy atom. The molecule has 1 atom stereocenters. The number of carbonyl (C=O) groups excluding carboxylic acids is 1. The van der Waals surface area contributed by atoms with E-state index in [2.05, 4.69) is 20.5 Å². The van der Waals surface area contributed by atoms with Gasteiger partial charge in [0.05, 0.1) is 25.4 Å². The van der Waals surface area contributed by atoms with E-state index in [0.29, 0.717) is 35.0 Å². The predicted octanol–water partition coefficient (Wildman–Crippen LogP) is 2.92. The molecule has 1 amide bonds. The molecular weight excluding hydrogens is 353 g/mol. The van der Waals surface area contributed by atoms with Crippen molar-refractivity contribution >= 4 is 17.6 Å². The number of nitrogens with one attached hydrogen (secondary N) is 1. The highest BCUT2D eigenvalue weighted by molar-refractivity contribution is 5.90. The molecule has 1 aromatic carbocycles. The summed E-state index contributed by atoms with van der Waals surface area (Å²) in [4.78, 5) is 17.4. The molecule has 0 bridgehead atoms. The smallest absolute Gasteiger partial charge is 0.414 e. The normalized spacial score (nSPS) is 18.6. The van der Waals surface area contributed by atoms with Crippen LogP contribution in [0.1, 0.15) is 0 Å². The summed E-state index contributed by atoms with van der Waals surface area (Å²) in [5.41, 5.74) is 1.34. The van der Waals surface area contributed by atoms with Gasteiger partial charge in [-0.15, -0.1) is 5.11 Å². The third-order valence-electron chi connectivity index (χ3n) is 4.22. The average Bonchev–Trinajstić information content (AvgIpc) is 3.32. The molecule has 138 valence electrons. The molecule has 2 aromatic rings. The summed E-state index contributed by atoms with van der Waals surface area (Å²) in [5, 5.41) is 19.9. The van der Waals surface area contributed by atoms with Gasteiger partial charge in [0.1, 0.15) is 17.7 Å². The second-order valence-corrected chi connectivity index (χ2v) is 6.03. The lowest BCUT2D eigenvalue weighted by molar-refractivity contribution is 0.0963. The first-order valence-corrected chi connectivity index (χ1v) is 8.34. The fourth-order valence-corrected chi connectivity index (χ4v) is 2.85. The highest BCUT2D eigenvalue weighted by Gasteiger charge is 2.32. The summed E-state index contributed by atoms with van der Waals surface area (Å²) < 4.78 is 19.6. The molecule has 2 N–H and O–H groups in total. The van der Waals surface area contributed by atoms with Gasteiger partial charge in [0.2, 0.25) is 0 Å². The van der Waals surface area contributed by atoms with Gasteiger partial charge in [-0.25, -0.2) is 14.2 Å². The highest BCUT2D eigenvalue weighted by atomic mass is 19.1. The Morgan fingerprint density at radius 3 is 2.85 bits per heavy atom. The molecular formula is C18H16FN5O3. The van der Waals surface area contributed by atoms with E-state index in [1.165, 1.54) is 11.0 Å². The maximum Gasteiger partial charge on any atom is 0.414 e. The molecule has 1 unspecified atom stereocenters. The van der Waals surface area contributed by atoms with Crippen molar-refractivity contribution in [2.45, 2.75) is 6.10 Å². The Morgan fingerprint density at radius 1 is 1.33 bits per heavy atom. The highest BCUT2D eigenvalue weighted by Crippen LogP contribution is 2.29. The van der Waals surface area contributed by atoms with Crippen molar-refractivity contribution in [3.8, 4) is 11.1 Å². The van der Waals surface area contributed by atoms with Crippen molar-refractivity contribution in [1.82, 2.24) is 4.98 Å². The number of aliphatic hydroxyl groups excluding tert-OH is 1. The van der Waals surface area contributed by atoms with Gasteiger partial charge in [-0.05, 0) is 36.4 Å². The van der Waals surface area contributed by atoms with E-state index in [1.807, 2.05) is 6.08 Å². The van der Waals surface area contributed by atoms with Crippen LogP contribution in [0.4, 0.5) is 20.7 Å². The van der Waals surface area contributed by atoms with Crippen molar-refractivity contribution in [3.63, 3.8) is 0 Å². The molecule has 1 aromatic heterocycles.